The molecule has 0 spiro atoms. The van der Waals surface area contributed by atoms with Crippen molar-refractivity contribution in [3.63, 3.8) is 0 Å². The second kappa shape index (κ2) is 8.51. The molecule has 5 aromatic carbocycles. The monoisotopic (exact) mass is 527 g/mol. The summed E-state index contributed by atoms with van der Waals surface area (Å²) in [7, 11) is 0. The number of pyridine rings is 1. The molecule has 0 radical (unpaired) electrons. The van der Waals surface area contributed by atoms with E-state index in [1.165, 1.54) is 5.46 Å². The van der Waals surface area contributed by atoms with E-state index >= 15 is 0 Å². The van der Waals surface area contributed by atoms with E-state index in [2.05, 4.69) is 93.6 Å². The molecular weight excluding hydrogens is 505 g/mol. The van der Waals surface area contributed by atoms with Crippen LogP contribution in [0.15, 0.2) is 134 Å². The Hall–Kier alpha value is -5.49. The molecule has 0 atom stereocenters. The zero-order valence-electron chi connectivity index (χ0n) is 21.9. The number of ether oxygens (including phenoxy) is 2. The van der Waals surface area contributed by atoms with E-state index in [0.29, 0.717) is 0 Å². The molecule has 0 saturated carbocycles. The van der Waals surface area contributed by atoms with E-state index in [1.54, 1.807) is 0 Å². The standard InChI is InChI=1S/C35H22BN3O2/c1-2-10-23(11-3-1)38-28-15-7-9-17-31(28)41-35-29(38)22-32-33-34(35)39(24-18-20-37-21-19-24)27-14-6-4-12-25(27)36(33)26-13-5-8-16-30(26)40-32/h1-22H. The number of anilines is 6. The maximum absolute atomic E-state index is 6.90. The fourth-order valence-electron chi connectivity index (χ4n) is 6.53. The summed E-state index contributed by atoms with van der Waals surface area (Å²) in [6.07, 6.45) is 3.67. The fraction of sp³-hybridized carbons (Fsp3) is 0. The number of hydrogen-bond donors (Lipinski definition) is 0. The van der Waals surface area contributed by atoms with Gasteiger partial charge in [-0.2, -0.15) is 0 Å². The maximum Gasteiger partial charge on any atom is 0.256 e. The Kier molecular flexibility index (Phi) is 4.63. The van der Waals surface area contributed by atoms with Gasteiger partial charge in [-0.15, -0.1) is 0 Å². The van der Waals surface area contributed by atoms with Crippen molar-refractivity contribution in [3.8, 4) is 23.0 Å². The van der Waals surface area contributed by atoms with E-state index in [4.69, 9.17) is 9.47 Å². The number of para-hydroxylation sites is 5. The van der Waals surface area contributed by atoms with Crippen LogP contribution in [0.5, 0.6) is 23.0 Å². The van der Waals surface area contributed by atoms with Crippen molar-refractivity contribution in [3.05, 3.63) is 134 Å². The summed E-state index contributed by atoms with van der Waals surface area (Å²) < 4.78 is 13.6. The molecule has 0 bridgehead atoms. The number of nitrogens with zero attached hydrogens (tertiary/aromatic N) is 3. The first-order chi connectivity index (χ1) is 20.4. The van der Waals surface area contributed by atoms with E-state index in [-0.39, 0.29) is 6.71 Å². The van der Waals surface area contributed by atoms with Crippen LogP contribution in [-0.4, -0.2) is 11.7 Å². The minimum Gasteiger partial charge on any atom is -0.458 e. The lowest BCUT2D eigenvalue weighted by molar-refractivity contribution is 0.469. The molecule has 0 amide bonds. The molecule has 1 aromatic heterocycles. The smallest absolute Gasteiger partial charge is 0.256 e. The average molecular weight is 527 g/mol. The van der Waals surface area contributed by atoms with Gasteiger partial charge in [0.05, 0.1) is 17.1 Å². The van der Waals surface area contributed by atoms with Crippen molar-refractivity contribution in [1.82, 2.24) is 4.98 Å². The third-order valence-electron chi connectivity index (χ3n) is 8.18. The van der Waals surface area contributed by atoms with Crippen LogP contribution in [-0.2, 0) is 0 Å². The Balaban J connectivity index is 1.42. The molecule has 0 aliphatic carbocycles. The topological polar surface area (TPSA) is 37.8 Å². The van der Waals surface area contributed by atoms with Crippen molar-refractivity contribution < 1.29 is 9.47 Å². The third-order valence-corrected chi connectivity index (χ3v) is 8.18. The van der Waals surface area contributed by atoms with Crippen LogP contribution in [0.2, 0.25) is 0 Å². The molecule has 0 unspecified atom stereocenters. The summed E-state index contributed by atoms with van der Waals surface area (Å²) >= 11 is 0. The Morgan fingerprint density at radius 3 is 2.00 bits per heavy atom. The molecule has 3 aliphatic heterocycles. The Morgan fingerprint density at radius 1 is 0.512 bits per heavy atom. The van der Waals surface area contributed by atoms with Gasteiger partial charge in [-0.1, -0.05) is 66.7 Å². The Labute approximate surface area is 237 Å². The molecule has 192 valence electrons. The molecular formula is C35H22BN3O2. The molecule has 4 heterocycles. The third kappa shape index (κ3) is 3.16. The first kappa shape index (κ1) is 22.3. The van der Waals surface area contributed by atoms with Gasteiger partial charge in [-0.25, -0.2) is 0 Å². The van der Waals surface area contributed by atoms with Gasteiger partial charge in [0.25, 0.3) is 6.71 Å². The van der Waals surface area contributed by atoms with Gasteiger partial charge in [0.1, 0.15) is 11.5 Å². The van der Waals surface area contributed by atoms with Crippen molar-refractivity contribution in [2.24, 2.45) is 0 Å². The molecule has 3 aliphatic rings. The van der Waals surface area contributed by atoms with E-state index in [9.17, 15) is 0 Å². The average Bonchev–Trinajstić information content (AvgIpc) is 3.04. The van der Waals surface area contributed by atoms with Crippen LogP contribution in [0.4, 0.5) is 34.1 Å². The quantitative estimate of drug-likeness (QED) is 0.225. The highest BCUT2D eigenvalue weighted by atomic mass is 16.5. The van der Waals surface area contributed by atoms with Gasteiger partial charge in [-0.05, 0) is 59.5 Å². The van der Waals surface area contributed by atoms with Crippen molar-refractivity contribution in [2.75, 3.05) is 9.80 Å². The van der Waals surface area contributed by atoms with Gasteiger partial charge < -0.3 is 19.3 Å². The predicted octanol–water partition coefficient (Wildman–Crippen LogP) is 7.06. The van der Waals surface area contributed by atoms with E-state index in [1.807, 2.05) is 54.9 Å². The lowest BCUT2D eigenvalue weighted by atomic mass is 9.34. The van der Waals surface area contributed by atoms with Crippen molar-refractivity contribution in [1.29, 1.82) is 0 Å². The Bertz CT molecular complexity index is 1980. The van der Waals surface area contributed by atoms with Crippen LogP contribution in [0, 0.1) is 0 Å². The second-order valence-corrected chi connectivity index (χ2v) is 10.4. The fourth-order valence-corrected chi connectivity index (χ4v) is 6.53. The SMILES string of the molecule is c1ccc(N2c3ccccc3Oc3c2cc2c4c3N(c3ccncc3)c3ccccc3B4c3ccccc3O2)cc1. The zero-order chi connectivity index (χ0) is 26.9. The van der Waals surface area contributed by atoms with Crippen molar-refractivity contribution in [2.45, 2.75) is 0 Å². The first-order valence-corrected chi connectivity index (χ1v) is 13.8. The summed E-state index contributed by atoms with van der Waals surface area (Å²) in [5.74, 6) is 3.32. The molecule has 0 saturated heterocycles. The molecule has 6 heteroatoms. The summed E-state index contributed by atoms with van der Waals surface area (Å²) in [5.41, 5.74) is 9.55. The van der Waals surface area contributed by atoms with Crippen LogP contribution in [0.1, 0.15) is 0 Å². The number of aromatic nitrogens is 1. The minimum absolute atomic E-state index is 0.00418. The number of hydrogen-bond acceptors (Lipinski definition) is 5. The normalized spacial score (nSPS) is 13.6. The molecule has 9 rings (SSSR count). The minimum atomic E-state index is -0.00418. The zero-order valence-corrected chi connectivity index (χ0v) is 21.9. The highest BCUT2D eigenvalue weighted by Crippen LogP contribution is 2.57. The van der Waals surface area contributed by atoms with Gasteiger partial charge in [-0.3, -0.25) is 4.98 Å². The Morgan fingerprint density at radius 2 is 1.17 bits per heavy atom. The molecule has 0 fully saturated rings. The van der Waals surface area contributed by atoms with Gasteiger partial charge in [0, 0.05) is 41.0 Å². The summed E-state index contributed by atoms with van der Waals surface area (Å²) in [5, 5.41) is 0. The summed E-state index contributed by atoms with van der Waals surface area (Å²) in [6.45, 7) is -0.00418. The van der Waals surface area contributed by atoms with Crippen molar-refractivity contribution >= 4 is 57.2 Å². The van der Waals surface area contributed by atoms with Crippen LogP contribution in [0.3, 0.4) is 0 Å². The largest absolute Gasteiger partial charge is 0.458 e. The number of rotatable bonds is 2. The van der Waals surface area contributed by atoms with Crippen LogP contribution >= 0.6 is 0 Å². The van der Waals surface area contributed by atoms with Gasteiger partial charge >= 0.3 is 0 Å². The second-order valence-electron chi connectivity index (χ2n) is 10.4. The lowest BCUT2D eigenvalue weighted by Crippen LogP contribution is -2.59. The van der Waals surface area contributed by atoms with E-state index < -0.39 is 0 Å². The molecule has 0 N–H and O–H groups in total. The predicted molar refractivity (Wildman–Crippen MR) is 165 cm³/mol. The van der Waals surface area contributed by atoms with Gasteiger partial charge in [0.2, 0.25) is 0 Å². The van der Waals surface area contributed by atoms with Crippen LogP contribution < -0.4 is 35.7 Å². The molecule has 5 nitrogen and oxygen atoms in total. The maximum atomic E-state index is 6.90. The number of benzene rings is 5. The van der Waals surface area contributed by atoms with Gasteiger partial charge in [0.15, 0.2) is 11.5 Å². The molecule has 6 aromatic rings. The highest BCUT2D eigenvalue weighted by Gasteiger charge is 2.45. The highest BCUT2D eigenvalue weighted by molar-refractivity contribution is 6.99. The molecule has 41 heavy (non-hydrogen) atoms. The summed E-state index contributed by atoms with van der Waals surface area (Å²) in [4.78, 5) is 8.90. The lowest BCUT2D eigenvalue weighted by Gasteiger charge is -2.43. The van der Waals surface area contributed by atoms with E-state index in [0.717, 1.165) is 68.0 Å². The summed E-state index contributed by atoms with van der Waals surface area (Å²) in [6, 6.07) is 41.9. The first-order valence-electron chi connectivity index (χ1n) is 13.8. The number of fused-ring (bicyclic) bond motifs is 7. The van der Waals surface area contributed by atoms with Crippen LogP contribution in [0.25, 0.3) is 0 Å².